The van der Waals surface area contributed by atoms with Gasteiger partial charge in [-0.3, -0.25) is 0 Å². The van der Waals surface area contributed by atoms with Crippen LogP contribution >= 0.6 is 24.0 Å². The smallest absolute Gasteiger partial charge is 0.194 e. The standard InChI is InChI=1S/C18H26N4O2.HI/c1-5-19-18(22(3)13-15-7-6-10-21(15)2)20-12-14-11-16(24-4)8-9-17(14)23;/h6-11,23H,5,12-13H2,1-4H3,(H,19,20);1H. The van der Waals surface area contributed by atoms with Gasteiger partial charge in [-0.05, 0) is 37.3 Å². The molecule has 0 aliphatic carbocycles. The number of nitrogens with one attached hydrogen (secondary N) is 1. The van der Waals surface area contributed by atoms with Crippen LogP contribution in [0.1, 0.15) is 18.2 Å². The van der Waals surface area contributed by atoms with Gasteiger partial charge < -0.3 is 24.6 Å². The van der Waals surface area contributed by atoms with E-state index in [2.05, 4.69) is 25.8 Å². The molecule has 6 nitrogen and oxygen atoms in total. The average molecular weight is 458 g/mol. The van der Waals surface area contributed by atoms with Crippen molar-refractivity contribution in [3.8, 4) is 11.5 Å². The highest BCUT2D eigenvalue weighted by atomic mass is 127. The molecule has 0 aliphatic heterocycles. The van der Waals surface area contributed by atoms with Crippen LogP contribution in [0, 0.1) is 0 Å². The topological polar surface area (TPSA) is 62.0 Å². The number of aromatic nitrogens is 1. The maximum Gasteiger partial charge on any atom is 0.194 e. The number of guanidine groups is 1. The summed E-state index contributed by atoms with van der Waals surface area (Å²) >= 11 is 0. The molecule has 0 spiro atoms. The summed E-state index contributed by atoms with van der Waals surface area (Å²) in [7, 11) is 5.64. The second-order valence-corrected chi connectivity index (χ2v) is 5.63. The normalized spacial score (nSPS) is 11.0. The number of rotatable bonds is 6. The third kappa shape index (κ3) is 5.84. The molecule has 0 amide bonds. The Balaban J connectivity index is 0.00000312. The molecule has 0 aliphatic rings. The molecule has 25 heavy (non-hydrogen) atoms. The second-order valence-electron chi connectivity index (χ2n) is 5.63. The molecule has 0 saturated heterocycles. The van der Waals surface area contributed by atoms with Gasteiger partial charge in [-0.15, -0.1) is 24.0 Å². The molecule has 1 aromatic carbocycles. The van der Waals surface area contributed by atoms with E-state index in [1.54, 1.807) is 25.3 Å². The predicted octanol–water partition coefficient (Wildman–Crippen LogP) is 2.95. The van der Waals surface area contributed by atoms with Crippen LogP contribution in [0.2, 0.25) is 0 Å². The third-order valence-electron chi connectivity index (χ3n) is 3.83. The Labute approximate surface area is 166 Å². The molecule has 0 bridgehead atoms. The van der Waals surface area contributed by atoms with Gasteiger partial charge in [0.05, 0.1) is 20.2 Å². The first-order valence-electron chi connectivity index (χ1n) is 8.00. The SMILES string of the molecule is CCNC(=NCc1cc(OC)ccc1O)N(C)Cc1cccn1C.I. The average Bonchev–Trinajstić information content (AvgIpc) is 2.97. The summed E-state index contributed by atoms with van der Waals surface area (Å²) < 4.78 is 7.30. The number of halogens is 1. The van der Waals surface area contributed by atoms with Crippen molar-refractivity contribution in [2.75, 3.05) is 20.7 Å². The van der Waals surface area contributed by atoms with Crippen molar-refractivity contribution in [1.82, 2.24) is 14.8 Å². The number of aryl methyl sites for hydroxylation is 1. The van der Waals surface area contributed by atoms with Crippen LogP contribution in [0.25, 0.3) is 0 Å². The van der Waals surface area contributed by atoms with Crippen LogP contribution in [0.5, 0.6) is 11.5 Å². The van der Waals surface area contributed by atoms with Crippen molar-refractivity contribution >= 4 is 29.9 Å². The lowest BCUT2D eigenvalue weighted by Gasteiger charge is -2.22. The highest BCUT2D eigenvalue weighted by molar-refractivity contribution is 14.0. The molecule has 2 N–H and O–H groups in total. The fourth-order valence-corrected chi connectivity index (χ4v) is 2.42. The molecule has 0 fully saturated rings. The van der Waals surface area contributed by atoms with Crippen LogP contribution in [-0.4, -0.2) is 41.2 Å². The molecule has 2 rings (SSSR count). The number of phenols is 1. The Morgan fingerprint density at radius 1 is 1.36 bits per heavy atom. The van der Waals surface area contributed by atoms with Crippen LogP contribution < -0.4 is 10.1 Å². The maximum atomic E-state index is 9.99. The zero-order chi connectivity index (χ0) is 17.5. The van der Waals surface area contributed by atoms with E-state index in [0.29, 0.717) is 12.3 Å². The van der Waals surface area contributed by atoms with Crippen molar-refractivity contribution in [3.05, 3.63) is 47.8 Å². The summed E-state index contributed by atoms with van der Waals surface area (Å²) in [6.45, 7) is 3.94. The molecule has 138 valence electrons. The van der Waals surface area contributed by atoms with Crippen molar-refractivity contribution in [1.29, 1.82) is 0 Å². The molecule has 0 saturated carbocycles. The van der Waals surface area contributed by atoms with Gasteiger partial charge in [-0.1, -0.05) is 0 Å². The molecule has 2 aromatic rings. The Hall–Kier alpha value is -1.90. The number of phenolic OH excluding ortho intramolecular Hbond substituents is 1. The Bertz CT molecular complexity index is 700. The molecule has 0 radical (unpaired) electrons. The van der Waals surface area contributed by atoms with Gasteiger partial charge in [0.15, 0.2) is 5.96 Å². The predicted molar refractivity (Wildman–Crippen MR) is 112 cm³/mol. The number of ether oxygens (including phenoxy) is 1. The zero-order valence-corrected chi connectivity index (χ0v) is 17.5. The van der Waals surface area contributed by atoms with Crippen molar-refractivity contribution in [2.45, 2.75) is 20.0 Å². The van der Waals surface area contributed by atoms with E-state index in [1.807, 2.05) is 33.3 Å². The summed E-state index contributed by atoms with van der Waals surface area (Å²) in [5, 5.41) is 13.3. The number of hydrogen-bond acceptors (Lipinski definition) is 3. The van der Waals surface area contributed by atoms with Crippen molar-refractivity contribution in [3.63, 3.8) is 0 Å². The molecule has 7 heteroatoms. The van der Waals surface area contributed by atoms with Gasteiger partial charge in [0.25, 0.3) is 0 Å². The summed E-state index contributed by atoms with van der Waals surface area (Å²) in [5.41, 5.74) is 1.93. The number of aromatic hydroxyl groups is 1. The monoisotopic (exact) mass is 458 g/mol. The van der Waals surface area contributed by atoms with Gasteiger partial charge in [-0.25, -0.2) is 4.99 Å². The van der Waals surface area contributed by atoms with E-state index >= 15 is 0 Å². The van der Waals surface area contributed by atoms with E-state index in [-0.39, 0.29) is 29.7 Å². The summed E-state index contributed by atoms with van der Waals surface area (Å²) in [6, 6.07) is 9.29. The lowest BCUT2D eigenvalue weighted by molar-refractivity contribution is 0.410. The molecule has 0 unspecified atom stereocenters. The number of hydrogen-bond donors (Lipinski definition) is 2. The number of benzene rings is 1. The summed E-state index contributed by atoms with van der Waals surface area (Å²) in [6.07, 6.45) is 2.03. The number of aliphatic imine (C=N–C) groups is 1. The largest absolute Gasteiger partial charge is 0.508 e. The second kappa shape index (κ2) is 10.2. The lowest BCUT2D eigenvalue weighted by atomic mass is 10.2. The van der Waals surface area contributed by atoms with Gasteiger partial charge in [0, 0.05) is 38.1 Å². The van der Waals surface area contributed by atoms with E-state index in [4.69, 9.17) is 4.74 Å². The minimum absolute atomic E-state index is 0. The Kier molecular flexibility index (Phi) is 8.60. The van der Waals surface area contributed by atoms with E-state index < -0.39 is 0 Å². The first-order chi connectivity index (χ1) is 11.5. The fourth-order valence-electron chi connectivity index (χ4n) is 2.42. The van der Waals surface area contributed by atoms with E-state index in [0.717, 1.165) is 24.6 Å². The zero-order valence-electron chi connectivity index (χ0n) is 15.2. The van der Waals surface area contributed by atoms with Crippen LogP contribution in [0.4, 0.5) is 0 Å². The summed E-state index contributed by atoms with van der Waals surface area (Å²) in [5.74, 6) is 1.72. The van der Waals surface area contributed by atoms with E-state index in [1.165, 1.54) is 5.69 Å². The highest BCUT2D eigenvalue weighted by Gasteiger charge is 2.09. The van der Waals surface area contributed by atoms with Crippen LogP contribution in [0.15, 0.2) is 41.5 Å². The molecular formula is C18H27IN4O2. The minimum Gasteiger partial charge on any atom is -0.508 e. The van der Waals surface area contributed by atoms with Crippen LogP contribution in [0.3, 0.4) is 0 Å². The Morgan fingerprint density at radius 3 is 2.72 bits per heavy atom. The minimum atomic E-state index is 0. The highest BCUT2D eigenvalue weighted by Crippen LogP contribution is 2.23. The van der Waals surface area contributed by atoms with Gasteiger partial charge in [0.1, 0.15) is 11.5 Å². The van der Waals surface area contributed by atoms with Crippen LogP contribution in [-0.2, 0) is 20.1 Å². The lowest BCUT2D eigenvalue weighted by Crippen LogP contribution is -2.38. The Morgan fingerprint density at radius 2 is 2.12 bits per heavy atom. The third-order valence-corrected chi connectivity index (χ3v) is 3.83. The van der Waals surface area contributed by atoms with Crippen molar-refractivity contribution < 1.29 is 9.84 Å². The quantitative estimate of drug-likeness (QED) is 0.397. The first kappa shape index (κ1) is 21.1. The van der Waals surface area contributed by atoms with Crippen molar-refractivity contribution in [2.24, 2.45) is 12.0 Å². The number of nitrogens with zero attached hydrogens (tertiary/aromatic N) is 3. The maximum absolute atomic E-state index is 9.99. The first-order valence-corrected chi connectivity index (χ1v) is 8.00. The van der Waals surface area contributed by atoms with Gasteiger partial charge >= 0.3 is 0 Å². The van der Waals surface area contributed by atoms with Gasteiger partial charge in [-0.2, -0.15) is 0 Å². The number of methoxy groups -OCH3 is 1. The van der Waals surface area contributed by atoms with E-state index in [9.17, 15) is 5.11 Å². The molecular weight excluding hydrogens is 431 g/mol. The molecule has 0 atom stereocenters. The molecule has 1 aromatic heterocycles. The van der Waals surface area contributed by atoms with Gasteiger partial charge in [0.2, 0.25) is 0 Å². The molecule has 1 heterocycles. The fraction of sp³-hybridized carbons (Fsp3) is 0.389. The summed E-state index contributed by atoms with van der Waals surface area (Å²) in [4.78, 5) is 6.70.